The van der Waals surface area contributed by atoms with Crippen LogP contribution in [0, 0.1) is 5.92 Å². The van der Waals surface area contributed by atoms with E-state index in [1.807, 2.05) is 18.2 Å². The molecule has 3 heteroatoms. The molecule has 0 aromatic heterocycles. The smallest absolute Gasteiger partial charge is 0.162 e. The van der Waals surface area contributed by atoms with Crippen molar-refractivity contribution in [3.8, 4) is 0 Å². The minimum Gasteiger partial charge on any atom is -0.377 e. The van der Waals surface area contributed by atoms with E-state index in [4.69, 9.17) is 0 Å². The number of carbonyl (C=O) groups is 1. The van der Waals surface area contributed by atoms with Gasteiger partial charge in [-0.15, -0.1) is 0 Å². The number of anilines is 2. The number of fused-ring (bicyclic) bond motifs is 1. The van der Waals surface area contributed by atoms with Gasteiger partial charge in [0.25, 0.3) is 0 Å². The standard InChI is InChI=1S/C15H18N2O/c1-9-7-13-15(14(18)8-9)10(2)16-11-5-3-4-6-12(11)17-13/h3-6,9-10,16-17H,7-8H2,1-2H3/t9-,10+/m0/s1. The summed E-state index contributed by atoms with van der Waals surface area (Å²) in [4.78, 5) is 12.2. The highest BCUT2D eigenvalue weighted by molar-refractivity contribution is 6.00. The number of para-hydroxylation sites is 2. The van der Waals surface area contributed by atoms with E-state index in [1.54, 1.807) is 0 Å². The molecule has 0 saturated carbocycles. The second kappa shape index (κ2) is 4.16. The van der Waals surface area contributed by atoms with Crippen LogP contribution >= 0.6 is 0 Å². The van der Waals surface area contributed by atoms with E-state index >= 15 is 0 Å². The number of hydrogen-bond donors (Lipinski definition) is 2. The van der Waals surface area contributed by atoms with Gasteiger partial charge in [0.2, 0.25) is 0 Å². The van der Waals surface area contributed by atoms with Crippen molar-refractivity contribution in [3.05, 3.63) is 35.5 Å². The SMILES string of the molecule is C[C@@H]1CC(=O)C2=C(C1)Nc1ccccc1N[C@@H]2C. The maximum Gasteiger partial charge on any atom is 0.162 e. The molecule has 3 rings (SSSR count). The molecular formula is C15H18N2O. The fourth-order valence-corrected chi connectivity index (χ4v) is 2.93. The number of carbonyl (C=O) groups excluding carboxylic acids is 1. The van der Waals surface area contributed by atoms with E-state index in [9.17, 15) is 4.79 Å². The third-order valence-electron chi connectivity index (χ3n) is 3.73. The minimum absolute atomic E-state index is 0.0798. The van der Waals surface area contributed by atoms with Gasteiger partial charge in [-0.3, -0.25) is 4.79 Å². The maximum atomic E-state index is 12.2. The van der Waals surface area contributed by atoms with Gasteiger partial charge in [-0.1, -0.05) is 19.1 Å². The van der Waals surface area contributed by atoms with Crippen LogP contribution in [-0.4, -0.2) is 11.8 Å². The molecule has 2 atom stereocenters. The van der Waals surface area contributed by atoms with Crippen molar-refractivity contribution in [2.75, 3.05) is 10.6 Å². The second-order valence-electron chi connectivity index (χ2n) is 5.37. The summed E-state index contributed by atoms with van der Waals surface area (Å²) in [6, 6.07) is 8.20. The highest BCUT2D eigenvalue weighted by Crippen LogP contribution is 2.35. The van der Waals surface area contributed by atoms with Crippen LogP contribution in [0.25, 0.3) is 0 Å². The van der Waals surface area contributed by atoms with Crippen LogP contribution in [0.2, 0.25) is 0 Å². The van der Waals surface area contributed by atoms with Gasteiger partial charge in [0, 0.05) is 17.7 Å². The Morgan fingerprint density at radius 2 is 1.83 bits per heavy atom. The Balaban J connectivity index is 2.06. The fourth-order valence-electron chi connectivity index (χ4n) is 2.93. The highest BCUT2D eigenvalue weighted by Gasteiger charge is 2.31. The van der Waals surface area contributed by atoms with Crippen molar-refractivity contribution in [2.24, 2.45) is 5.92 Å². The summed E-state index contributed by atoms with van der Waals surface area (Å²) in [5.74, 6) is 0.713. The molecule has 2 N–H and O–H groups in total. The summed E-state index contributed by atoms with van der Waals surface area (Å²) in [5, 5.41) is 6.87. The molecule has 0 bridgehead atoms. The third kappa shape index (κ3) is 1.80. The first-order valence-electron chi connectivity index (χ1n) is 6.54. The summed E-state index contributed by atoms with van der Waals surface area (Å²) >= 11 is 0. The maximum absolute atomic E-state index is 12.2. The van der Waals surface area contributed by atoms with Crippen molar-refractivity contribution in [1.82, 2.24) is 0 Å². The van der Waals surface area contributed by atoms with E-state index in [0.717, 1.165) is 29.1 Å². The first kappa shape index (κ1) is 11.3. The van der Waals surface area contributed by atoms with Crippen LogP contribution < -0.4 is 10.6 Å². The summed E-state index contributed by atoms with van der Waals surface area (Å²) in [7, 11) is 0. The van der Waals surface area contributed by atoms with Gasteiger partial charge in [-0.25, -0.2) is 0 Å². The number of benzene rings is 1. The van der Waals surface area contributed by atoms with E-state index in [0.29, 0.717) is 12.3 Å². The zero-order chi connectivity index (χ0) is 12.7. The van der Waals surface area contributed by atoms with Crippen LogP contribution in [0.3, 0.4) is 0 Å². The molecule has 1 aliphatic carbocycles. The Labute approximate surface area is 107 Å². The largest absolute Gasteiger partial charge is 0.377 e. The van der Waals surface area contributed by atoms with Crippen molar-refractivity contribution in [3.63, 3.8) is 0 Å². The van der Waals surface area contributed by atoms with Gasteiger partial charge in [-0.2, -0.15) is 0 Å². The average molecular weight is 242 g/mol. The molecule has 0 radical (unpaired) electrons. The molecule has 1 aromatic rings. The zero-order valence-corrected chi connectivity index (χ0v) is 10.8. The minimum atomic E-state index is 0.0798. The molecule has 0 amide bonds. The van der Waals surface area contributed by atoms with Crippen LogP contribution in [0.1, 0.15) is 26.7 Å². The molecule has 1 heterocycles. The Hall–Kier alpha value is -1.77. The summed E-state index contributed by atoms with van der Waals surface area (Å²) < 4.78 is 0. The Morgan fingerprint density at radius 1 is 1.11 bits per heavy atom. The van der Waals surface area contributed by atoms with E-state index in [-0.39, 0.29) is 11.8 Å². The number of ketones is 1. The lowest BCUT2D eigenvalue weighted by Crippen LogP contribution is -2.29. The van der Waals surface area contributed by atoms with Gasteiger partial charge in [0.15, 0.2) is 5.78 Å². The van der Waals surface area contributed by atoms with Crippen LogP contribution in [0.5, 0.6) is 0 Å². The second-order valence-corrected chi connectivity index (χ2v) is 5.37. The number of allylic oxidation sites excluding steroid dienone is 1. The molecular weight excluding hydrogens is 224 g/mol. The number of hydrogen-bond acceptors (Lipinski definition) is 3. The Morgan fingerprint density at radius 3 is 2.61 bits per heavy atom. The molecule has 0 spiro atoms. The van der Waals surface area contributed by atoms with E-state index < -0.39 is 0 Å². The first-order valence-corrected chi connectivity index (χ1v) is 6.54. The fraction of sp³-hybridized carbons (Fsp3) is 0.400. The van der Waals surface area contributed by atoms with Crippen molar-refractivity contribution in [2.45, 2.75) is 32.7 Å². The molecule has 2 aliphatic rings. The Kier molecular flexibility index (Phi) is 2.62. The molecule has 18 heavy (non-hydrogen) atoms. The van der Waals surface area contributed by atoms with Crippen LogP contribution in [-0.2, 0) is 4.79 Å². The zero-order valence-electron chi connectivity index (χ0n) is 10.8. The number of rotatable bonds is 0. The van der Waals surface area contributed by atoms with Gasteiger partial charge >= 0.3 is 0 Å². The monoisotopic (exact) mass is 242 g/mol. The molecule has 1 aliphatic heterocycles. The van der Waals surface area contributed by atoms with E-state index in [1.165, 1.54) is 0 Å². The van der Waals surface area contributed by atoms with Crippen molar-refractivity contribution in [1.29, 1.82) is 0 Å². The molecule has 3 nitrogen and oxygen atoms in total. The van der Waals surface area contributed by atoms with Crippen molar-refractivity contribution >= 4 is 17.2 Å². The van der Waals surface area contributed by atoms with Crippen LogP contribution in [0.4, 0.5) is 11.4 Å². The van der Waals surface area contributed by atoms with Crippen molar-refractivity contribution < 1.29 is 4.79 Å². The molecule has 1 aromatic carbocycles. The molecule has 94 valence electrons. The molecule has 0 saturated heterocycles. The Bertz CT molecular complexity index is 533. The molecule has 0 fully saturated rings. The number of nitrogens with one attached hydrogen (secondary N) is 2. The summed E-state index contributed by atoms with van der Waals surface area (Å²) in [5.41, 5.74) is 4.17. The van der Waals surface area contributed by atoms with Gasteiger partial charge in [0.05, 0.1) is 17.4 Å². The lowest BCUT2D eigenvalue weighted by molar-refractivity contribution is -0.117. The molecule has 0 unspecified atom stereocenters. The van der Waals surface area contributed by atoms with Crippen LogP contribution in [0.15, 0.2) is 35.5 Å². The lowest BCUT2D eigenvalue weighted by atomic mass is 9.84. The third-order valence-corrected chi connectivity index (χ3v) is 3.73. The van der Waals surface area contributed by atoms with E-state index in [2.05, 4.69) is 30.5 Å². The first-order chi connectivity index (χ1) is 8.65. The predicted octanol–water partition coefficient (Wildman–Crippen LogP) is 3.17. The van der Waals surface area contributed by atoms with Gasteiger partial charge in [-0.05, 0) is 31.4 Å². The normalized spacial score (nSPS) is 26.7. The predicted molar refractivity (Wildman–Crippen MR) is 73.6 cm³/mol. The highest BCUT2D eigenvalue weighted by atomic mass is 16.1. The summed E-state index contributed by atoms with van der Waals surface area (Å²) in [6.45, 7) is 4.20. The average Bonchev–Trinajstić information content (AvgIpc) is 2.43. The topological polar surface area (TPSA) is 41.1 Å². The quantitative estimate of drug-likeness (QED) is 0.734. The van der Waals surface area contributed by atoms with Gasteiger partial charge < -0.3 is 10.6 Å². The number of Topliss-reactive ketones (excluding diaryl/α,β-unsaturated/α-hetero) is 1. The summed E-state index contributed by atoms with van der Waals surface area (Å²) in [6.07, 6.45) is 1.63. The van der Waals surface area contributed by atoms with Gasteiger partial charge in [0.1, 0.15) is 0 Å². The lowest BCUT2D eigenvalue weighted by Gasteiger charge is -2.25.